The molecule has 0 aromatic heterocycles. The fourth-order valence-electron chi connectivity index (χ4n) is 1.67. The van der Waals surface area contributed by atoms with Gasteiger partial charge in [0.15, 0.2) is 0 Å². The third-order valence-electron chi connectivity index (χ3n) is 2.59. The van der Waals surface area contributed by atoms with Crippen LogP contribution in [-0.2, 0) is 0 Å². The van der Waals surface area contributed by atoms with Crippen molar-refractivity contribution in [2.24, 2.45) is 5.73 Å². The van der Waals surface area contributed by atoms with E-state index in [0.717, 1.165) is 29.0 Å². The Hall–Kier alpha value is 0.320. The van der Waals surface area contributed by atoms with Gasteiger partial charge in [-0.05, 0) is 41.5 Å². The molecule has 0 saturated carbocycles. The van der Waals surface area contributed by atoms with Crippen molar-refractivity contribution < 1.29 is 0 Å². The van der Waals surface area contributed by atoms with E-state index in [-0.39, 0.29) is 6.04 Å². The highest BCUT2D eigenvalue weighted by Gasteiger charge is 2.15. The van der Waals surface area contributed by atoms with Crippen molar-refractivity contribution in [2.45, 2.75) is 6.04 Å². The lowest BCUT2D eigenvalue weighted by Gasteiger charge is -2.16. The molecule has 1 nitrogen and oxygen atoms in total. The van der Waals surface area contributed by atoms with Crippen LogP contribution in [0.2, 0.25) is 0 Å². The van der Waals surface area contributed by atoms with Gasteiger partial charge < -0.3 is 5.73 Å². The van der Waals surface area contributed by atoms with Crippen molar-refractivity contribution in [1.82, 2.24) is 0 Å². The summed E-state index contributed by atoms with van der Waals surface area (Å²) in [5, 5.41) is 0. The Bertz CT molecular complexity index is 583. The van der Waals surface area contributed by atoms with Crippen LogP contribution in [-0.4, -0.2) is 0 Å². The first kappa shape index (κ1) is 14.7. The van der Waals surface area contributed by atoms with Gasteiger partial charge in [-0.1, -0.05) is 69.8 Å². The standard InChI is InChI=1S/C13H9Br4N/c14-7-2-4-11(16)10(5-7)13(18)9-3-1-8(15)6-12(9)17/h1-6,13H,18H2. The third-order valence-corrected chi connectivity index (χ3v) is 4.99. The average Bonchev–Trinajstić information content (AvgIpc) is 2.31. The summed E-state index contributed by atoms with van der Waals surface area (Å²) in [6.45, 7) is 0. The second-order valence-corrected chi connectivity index (χ2v) is 7.35. The molecule has 0 aliphatic heterocycles. The van der Waals surface area contributed by atoms with E-state index in [1.54, 1.807) is 0 Å². The van der Waals surface area contributed by atoms with Crippen LogP contribution < -0.4 is 5.73 Å². The van der Waals surface area contributed by atoms with E-state index in [0.29, 0.717) is 0 Å². The topological polar surface area (TPSA) is 26.0 Å². The van der Waals surface area contributed by atoms with Crippen LogP contribution >= 0.6 is 63.7 Å². The molecule has 0 fully saturated rings. The lowest BCUT2D eigenvalue weighted by atomic mass is 10.00. The van der Waals surface area contributed by atoms with Gasteiger partial charge in [0, 0.05) is 17.9 Å². The minimum atomic E-state index is -0.181. The SMILES string of the molecule is NC(c1ccc(Br)cc1Br)c1cc(Br)ccc1Br. The highest BCUT2D eigenvalue weighted by molar-refractivity contribution is 9.11. The van der Waals surface area contributed by atoms with Crippen LogP contribution in [0.25, 0.3) is 0 Å². The van der Waals surface area contributed by atoms with Crippen molar-refractivity contribution in [2.75, 3.05) is 0 Å². The molecule has 0 radical (unpaired) electrons. The maximum Gasteiger partial charge on any atom is 0.0574 e. The molecule has 0 heterocycles. The van der Waals surface area contributed by atoms with Gasteiger partial charge in [0.1, 0.15) is 0 Å². The normalized spacial score (nSPS) is 12.5. The fraction of sp³-hybridized carbons (Fsp3) is 0.0769. The van der Waals surface area contributed by atoms with Crippen molar-refractivity contribution in [1.29, 1.82) is 0 Å². The lowest BCUT2D eigenvalue weighted by molar-refractivity contribution is 0.859. The first-order valence-electron chi connectivity index (χ1n) is 5.14. The zero-order chi connectivity index (χ0) is 13.3. The largest absolute Gasteiger partial charge is 0.320 e. The Morgan fingerprint density at radius 2 is 1.33 bits per heavy atom. The molecule has 0 aliphatic rings. The van der Waals surface area contributed by atoms with E-state index in [1.807, 2.05) is 36.4 Å². The Kier molecular flexibility index (Phi) is 5.06. The molecule has 0 aliphatic carbocycles. The van der Waals surface area contributed by atoms with Crippen LogP contribution in [0, 0.1) is 0 Å². The van der Waals surface area contributed by atoms with E-state index >= 15 is 0 Å². The number of hydrogen-bond donors (Lipinski definition) is 1. The predicted molar refractivity (Wildman–Crippen MR) is 89.7 cm³/mol. The number of halogens is 4. The molecule has 18 heavy (non-hydrogen) atoms. The highest BCUT2D eigenvalue weighted by atomic mass is 79.9. The Morgan fingerprint density at radius 1 is 0.722 bits per heavy atom. The lowest BCUT2D eigenvalue weighted by Crippen LogP contribution is -2.13. The maximum atomic E-state index is 6.34. The summed E-state index contributed by atoms with van der Waals surface area (Å²) >= 11 is 14.0. The van der Waals surface area contributed by atoms with E-state index < -0.39 is 0 Å². The van der Waals surface area contributed by atoms with Crippen molar-refractivity contribution in [3.8, 4) is 0 Å². The van der Waals surface area contributed by atoms with Gasteiger partial charge in [-0.3, -0.25) is 0 Å². The van der Waals surface area contributed by atoms with Gasteiger partial charge in [-0.2, -0.15) is 0 Å². The van der Waals surface area contributed by atoms with E-state index in [4.69, 9.17) is 5.73 Å². The second kappa shape index (κ2) is 6.18. The van der Waals surface area contributed by atoms with Gasteiger partial charge in [-0.25, -0.2) is 0 Å². The molecule has 2 rings (SSSR count). The molecule has 1 unspecified atom stereocenters. The minimum absolute atomic E-state index is 0.181. The second-order valence-electron chi connectivity index (χ2n) is 3.81. The molecule has 2 N–H and O–H groups in total. The summed E-state index contributed by atoms with van der Waals surface area (Å²) < 4.78 is 4.05. The van der Waals surface area contributed by atoms with E-state index in [2.05, 4.69) is 63.7 Å². The van der Waals surface area contributed by atoms with Crippen molar-refractivity contribution in [3.63, 3.8) is 0 Å². The first-order chi connectivity index (χ1) is 8.49. The van der Waals surface area contributed by atoms with Crippen LogP contribution in [0.4, 0.5) is 0 Å². The average molecular weight is 499 g/mol. The van der Waals surface area contributed by atoms with E-state index in [9.17, 15) is 0 Å². The van der Waals surface area contributed by atoms with Crippen molar-refractivity contribution in [3.05, 3.63) is 65.4 Å². The van der Waals surface area contributed by atoms with Crippen LogP contribution in [0.5, 0.6) is 0 Å². The Balaban J connectivity index is 2.47. The molecule has 0 bridgehead atoms. The molecule has 94 valence electrons. The molecule has 5 heteroatoms. The number of hydrogen-bond acceptors (Lipinski definition) is 1. The van der Waals surface area contributed by atoms with Gasteiger partial charge in [0.05, 0.1) is 6.04 Å². The molecule has 0 saturated heterocycles. The van der Waals surface area contributed by atoms with Crippen LogP contribution in [0.15, 0.2) is 54.3 Å². The predicted octanol–water partition coefficient (Wildman–Crippen LogP) is 5.78. The van der Waals surface area contributed by atoms with Gasteiger partial charge >= 0.3 is 0 Å². The zero-order valence-electron chi connectivity index (χ0n) is 9.13. The van der Waals surface area contributed by atoms with E-state index in [1.165, 1.54) is 0 Å². The first-order valence-corrected chi connectivity index (χ1v) is 8.31. The summed E-state index contributed by atoms with van der Waals surface area (Å²) in [6.07, 6.45) is 0. The van der Waals surface area contributed by atoms with Crippen LogP contribution in [0.1, 0.15) is 17.2 Å². The summed E-state index contributed by atoms with van der Waals surface area (Å²) in [5.74, 6) is 0. The van der Waals surface area contributed by atoms with Gasteiger partial charge in [0.25, 0.3) is 0 Å². The summed E-state index contributed by atoms with van der Waals surface area (Å²) in [5.41, 5.74) is 8.44. The molecule has 2 aromatic carbocycles. The summed E-state index contributed by atoms with van der Waals surface area (Å²) in [6, 6.07) is 11.8. The molecular weight excluding hydrogens is 490 g/mol. The van der Waals surface area contributed by atoms with Crippen LogP contribution in [0.3, 0.4) is 0 Å². The van der Waals surface area contributed by atoms with Gasteiger partial charge in [0.2, 0.25) is 0 Å². The summed E-state index contributed by atoms with van der Waals surface area (Å²) in [7, 11) is 0. The Morgan fingerprint density at radius 3 is 2.00 bits per heavy atom. The number of nitrogens with two attached hydrogens (primary N) is 1. The third kappa shape index (κ3) is 3.25. The molecule has 0 spiro atoms. The summed E-state index contributed by atoms with van der Waals surface area (Å²) in [4.78, 5) is 0. The smallest absolute Gasteiger partial charge is 0.0574 e. The molecule has 1 atom stereocenters. The molecule has 2 aromatic rings. The van der Waals surface area contributed by atoms with Crippen molar-refractivity contribution >= 4 is 63.7 Å². The molecule has 0 amide bonds. The Labute approximate surface area is 140 Å². The quantitative estimate of drug-likeness (QED) is 0.558. The monoisotopic (exact) mass is 495 g/mol. The van der Waals surface area contributed by atoms with Gasteiger partial charge in [-0.15, -0.1) is 0 Å². The minimum Gasteiger partial charge on any atom is -0.320 e. The maximum absolute atomic E-state index is 6.34. The highest BCUT2D eigenvalue weighted by Crippen LogP contribution is 2.33. The number of rotatable bonds is 2. The molecular formula is C13H9Br4N. The zero-order valence-corrected chi connectivity index (χ0v) is 15.5. The fourth-order valence-corrected chi connectivity index (χ4v) is 3.84. The number of benzene rings is 2.